The first-order valence-electron chi connectivity index (χ1n) is 15.8. The van der Waals surface area contributed by atoms with Crippen LogP contribution in [-0.2, 0) is 0 Å². The predicted molar refractivity (Wildman–Crippen MR) is 172 cm³/mol. The Kier molecular flexibility index (Phi) is 7.18. The van der Waals surface area contributed by atoms with Crippen molar-refractivity contribution in [3.63, 3.8) is 0 Å². The number of aliphatic hydroxyl groups is 1. The molecule has 1 saturated carbocycles. The van der Waals surface area contributed by atoms with E-state index in [-0.39, 0.29) is 45.4 Å². The minimum atomic E-state index is -0.815. The van der Waals surface area contributed by atoms with Gasteiger partial charge in [-0.1, -0.05) is 24.3 Å². The first kappa shape index (κ1) is 30.1. The number of hydrogen-bond donors (Lipinski definition) is 3. The van der Waals surface area contributed by atoms with Crippen molar-refractivity contribution >= 4 is 27.5 Å². The van der Waals surface area contributed by atoms with E-state index in [1.165, 1.54) is 12.1 Å². The SMILES string of the molecule is CN(CC(C)(C)O)CC1(COc2nc(N3C[C@H]4CC[C@@](C)(C3)N4)c3cc(F)c(-c4cc(O)cc5ccccc45)c(F)c3n2)CC1. The second-order valence-corrected chi connectivity index (χ2v) is 14.6. The molecule has 2 aliphatic heterocycles. The van der Waals surface area contributed by atoms with Crippen molar-refractivity contribution in [2.75, 3.05) is 44.7 Å². The number of likely N-dealkylation sites (N-methyl/N-ethyl adjacent to an activating group) is 1. The van der Waals surface area contributed by atoms with Gasteiger partial charge < -0.3 is 30.1 Å². The maximum atomic E-state index is 16.7. The molecule has 45 heavy (non-hydrogen) atoms. The number of phenolic OH excluding ortho intramolecular Hbond substituents is 1. The number of phenols is 1. The van der Waals surface area contributed by atoms with Gasteiger partial charge in [0, 0.05) is 48.6 Å². The van der Waals surface area contributed by atoms with Gasteiger partial charge in [0.1, 0.15) is 22.9 Å². The average molecular weight is 618 g/mol. The molecular weight excluding hydrogens is 576 g/mol. The van der Waals surface area contributed by atoms with Crippen LogP contribution in [0.25, 0.3) is 32.8 Å². The van der Waals surface area contributed by atoms with Crippen LogP contribution in [0.2, 0.25) is 0 Å². The number of nitrogens with zero attached hydrogens (tertiary/aromatic N) is 4. The van der Waals surface area contributed by atoms with Crippen molar-refractivity contribution in [3.8, 4) is 22.9 Å². The fraction of sp³-hybridized carbons (Fsp3) is 0.486. The third-order valence-electron chi connectivity index (χ3n) is 9.56. The molecule has 2 bridgehead atoms. The van der Waals surface area contributed by atoms with Crippen LogP contribution in [0.5, 0.6) is 11.8 Å². The molecular formula is C35H41F2N5O3. The van der Waals surface area contributed by atoms with Crippen molar-refractivity contribution in [3.05, 3.63) is 54.1 Å². The van der Waals surface area contributed by atoms with E-state index in [0.29, 0.717) is 48.2 Å². The molecule has 3 fully saturated rings. The summed E-state index contributed by atoms with van der Waals surface area (Å²) in [5.74, 6) is -1.18. The van der Waals surface area contributed by atoms with Crippen LogP contribution < -0.4 is 15.0 Å². The van der Waals surface area contributed by atoms with Gasteiger partial charge in [-0.3, -0.25) is 0 Å². The Morgan fingerprint density at radius 2 is 1.89 bits per heavy atom. The van der Waals surface area contributed by atoms with Crippen LogP contribution in [0, 0.1) is 17.0 Å². The molecule has 10 heteroatoms. The summed E-state index contributed by atoms with van der Waals surface area (Å²) in [5, 5.41) is 26.0. The van der Waals surface area contributed by atoms with E-state index in [1.807, 2.05) is 13.1 Å². The van der Waals surface area contributed by atoms with Crippen LogP contribution >= 0.6 is 0 Å². The van der Waals surface area contributed by atoms with E-state index >= 15 is 8.78 Å². The normalized spacial score (nSPS) is 22.5. The Labute approximate surface area is 262 Å². The van der Waals surface area contributed by atoms with Crippen molar-refractivity contribution in [1.29, 1.82) is 0 Å². The minimum Gasteiger partial charge on any atom is -0.508 e. The summed E-state index contributed by atoms with van der Waals surface area (Å²) in [6, 6.07) is 11.8. The number of anilines is 1. The Bertz CT molecular complexity index is 1790. The number of piperazine rings is 1. The Morgan fingerprint density at radius 3 is 2.62 bits per heavy atom. The number of aromatic hydroxyl groups is 1. The van der Waals surface area contributed by atoms with Gasteiger partial charge in [0.05, 0.1) is 17.8 Å². The molecule has 3 aromatic carbocycles. The standard InChI is InChI=1S/C35H41F2N5O3/c1-33(2,44)17-41(4)19-35(11-12-35)20-45-32-38-30-26(31(39-32)42-16-22-9-10-34(3,18-42)40-22)15-27(36)28(29(30)37)25-14-23(43)13-21-7-5-6-8-24(21)25/h5-8,13-15,22,40,43-44H,9-12,16-20H2,1-4H3/t22-,34+/m1/s1. The molecule has 0 amide bonds. The van der Waals surface area contributed by atoms with Gasteiger partial charge in [-0.25, -0.2) is 8.78 Å². The molecule has 1 aromatic heterocycles. The van der Waals surface area contributed by atoms with Gasteiger partial charge in [-0.2, -0.15) is 9.97 Å². The van der Waals surface area contributed by atoms with Crippen LogP contribution in [0.15, 0.2) is 42.5 Å². The number of hydrogen-bond acceptors (Lipinski definition) is 8. The number of ether oxygens (including phenoxy) is 1. The minimum absolute atomic E-state index is 0.0150. The van der Waals surface area contributed by atoms with Crippen LogP contribution in [0.4, 0.5) is 14.6 Å². The summed E-state index contributed by atoms with van der Waals surface area (Å²) in [5.41, 5.74) is -1.05. The highest BCUT2D eigenvalue weighted by Gasteiger charge is 2.45. The molecule has 4 aromatic rings. The molecule has 3 N–H and O–H groups in total. The molecule has 0 spiro atoms. The second kappa shape index (κ2) is 10.7. The fourth-order valence-corrected chi connectivity index (χ4v) is 7.55. The van der Waals surface area contributed by atoms with Gasteiger partial charge in [-0.05, 0) is 88.0 Å². The highest BCUT2D eigenvalue weighted by Crippen LogP contribution is 2.47. The summed E-state index contributed by atoms with van der Waals surface area (Å²) in [6.07, 6.45) is 3.97. The zero-order chi connectivity index (χ0) is 31.7. The highest BCUT2D eigenvalue weighted by atomic mass is 19.1. The monoisotopic (exact) mass is 617 g/mol. The average Bonchev–Trinajstić information content (AvgIpc) is 3.66. The summed E-state index contributed by atoms with van der Waals surface area (Å²) < 4.78 is 39.1. The van der Waals surface area contributed by atoms with E-state index in [9.17, 15) is 10.2 Å². The predicted octanol–water partition coefficient (Wildman–Crippen LogP) is 5.63. The molecule has 8 nitrogen and oxygen atoms in total. The number of benzene rings is 3. The maximum Gasteiger partial charge on any atom is 0.319 e. The molecule has 1 aliphatic carbocycles. The molecule has 2 saturated heterocycles. The number of nitrogens with one attached hydrogen (secondary N) is 1. The Hall–Kier alpha value is -3.60. The van der Waals surface area contributed by atoms with Crippen molar-refractivity contribution < 1.29 is 23.7 Å². The largest absolute Gasteiger partial charge is 0.508 e. The van der Waals surface area contributed by atoms with E-state index in [4.69, 9.17) is 9.72 Å². The van der Waals surface area contributed by atoms with Crippen LogP contribution in [0.1, 0.15) is 46.5 Å². The van der Waals surface area contributed by atoms with Gasteiger partial charge in [0.2, 0.25) is 0 Å². The number of rotatable bonds is 9. The van der Waals surface area contributed by atoms with E-state index in [2.05, 4.69) is 27.0 Å². The highest BCUT2D eigenvalue weighted by molar-refractivity contribution is 6.01. The lowest BCUT2D eigenvalue weighted by Crippen LogP contribution is -2.58. The summed E-state index contributed by atoms with van der Waals surface area (Å²) in [6.45, 7) is 8.67. The summed E-state index contributed by atoms with van der Waals surface area (Å²) in [7, 11) is 1.98. The zero-order valence-corrected chi connectivity index (χ0v) is 26.3. The lowest BCUT2D eigenvalue weighted by molar-refractivity contribution is 0.0350. The number of fused-ring (bicyclic) bond motifs is 4. The second-order valence-electron chi connectivity index (χ2n) is 14.6. The first-order chi connectivity index (χ1) is 21.3. The molecule has 7 rings (SSSR count). The smallest absolute Gasteiger partial charge is 0.319 e. The maximum absolute atomic E-state index is 16.7. The lowest BCUT2D eigenvalue weighted by Gasteiger charge is -2.40. The molecule has 0 unspecified atom stereocenters. The fourth-order valence-electron chi connectivity index (χ4n) is 7.55. The van der Waals surface area contributed by atoms with Crippen molar-refractivity contribution in [2.24, 2.45) is 5.41 Å². The topological polar surface area (TPSA) is 94.0 Å². The third kappa shape index (κ3) is 5.91. The molecule has 3 aliphatic rings. The number of aromatic nitrogens is 2. The Morgan fingerprint density at radius 1 is 1.11 bits per heavy atom. The third-order valence-corrected chi connectivity index (χ3v) is 9.56. The molecule has 2 atom stereocenters. The Balaban J connectivity index is 1.31. The van der Waals surface area contributed by atoms with Crippen molar-refractivity contribution in [2.45, 2.75) is 63.6 Å². The number of halogens is 2. The van der Waals surface area contributed by atoms with Crippen molar-refractivity contribution in [1.82, 2.24) is 20.2 Å². The first-order valence-corrected chi connectivity index (χ1v) is 15.8. The molecule has 3 heterocycles. The van der Waals surface area contributed by atoms with Gasteiger partial charge in [0.25, 0.3) is 0 Å². The van der Waals surface area contributed by atoms with Gasteiger partial charge >= 0.3 is 6.01 Å². The van der Waals surface area contributed by atoms with E-state index in [1.54, 1.807) is 38.1 Å². The van der Waals surface area contributed by atoms with Crippen LogP contribution in [-0.4, -0.2) is 82.1 Å². The lowest BCUT2D eigenvalue weighted by atomic mass is 9.95. The molecule has 0 radical (unpaired) electrons. The van der Waals surface area contributed by atoms with Gasteiger partial charge in [-0.15, -0.1) is 0 Å². The van der Waals surface area contributed by atoms with E-state index in [0.717, 1.165) is 32.2 Å². The summed E-state index contributed by atoms with van der Waals surface area (Å²) >= 11 is 0. The summed E-state index contributed by atoms with van der Waals surface area (Å²) in [4.78, 5) is 13.6. The molecule has 238 valence electrons. The van der Waals surface area contributed by atoms with Crippen LogP contribution in [0.3, 0.4) is 0 Å². The quantitative estimate of drug-likeness (QED) is 0.223. The van der Waals surface area contributed by atoms with E-state index < -0.39 is 17.2 Å². The van der Waals surface area contributed by atoms with Gasteiger partial charge in [0.15, 0.2) is 5.82 Å². The zero-order valence-electron chi connectivity index (χ0n) is 26.3.